The molecule has 0 saturated carbocycles. The molecule has 0 unspecified atom stereocenters. The number of hydrogen-bond acceptors (Lipinski definition) is 4. The second-order valence-corrected chi connectivity index (χ2v) is 10.2. The molecule has 0 atom stereocenters. The van der Waals surface area contributed by atoms with Crippen molar-refractivity contribution in [2.45, 2.75) is 17.9 Å². The molecule has 1 aliphatic rings. The number of nitrogens with zero attached hydrogens (tertiary/aromatic N) is 3. The topological polar surface area (TPSA) is 84.3 Å². The summed E-state index contributed by atoms with van der Waals surface area (Å²) >= 11 is 6.28. The maximum Gasteiger partial charge on any atom is 0.265 e. The Balaban J connectivity index is 1.34. The number of anilines is 1. The average molecular weight is 493 g/mol. The molecule has 0 spiro atoms. The minimum Gasteiger partial charge on any atom is -0.348 e. The standard InChI is InChI=1S/C25H21ClN4O3S/c26-22-11-10-20(14-24(22)34(32,33)30-13-12-19-6-4-5-9-23(19)30)25(31)27-15-18-16-28-29(17-18)21-7-2-1-3-8-21/h1-11,14,16-17H,12-13,15H2,(H,27,31). The minimum absolute atomic E-state index is 0.0741. The average Bonchev–Trinajstić information content (AvgIpc) is 3.51. The number of hydrogen-bond donors (Lipinski definition) is 1. The Bertz CT molecular complexity index is 1470. The maximum absolute atomic E-state index is 13.4. The summed E-state index contributed by atoms with van der Waals surface area (Å²) in [6.07, 6.45) is 4.14. The zero-order valence-electron chi connectivity index (χ0n) is 18.1. The highest BCUT2D eigenvalue weighted by Crippen LogP contribution is 2.35. The summed E-state index contributed by atoms with van der Waals surface area (Å²) < 4.78 is 29.9. The molecule has 5 rings (SSSR count). The molecule has 34 heavy (non-hydrogen) atoms. The third kappa shape index (κ3) is 4.18. The fourth-order valence-corrected chi connectivity index (χ4v) is 5.98. The number of carbonyl (C=O) groups is 1. The summed E-state index contributed by atoms with van der Waals surface area (Å²) in [4.78, 5) is 12.7. The van der Waals surface area contributed by atoms with Gasteiger partial charge in [-0.3, -0.25) is 9.10 Å². The lowest BCUT2D eigenvalue weighted by molar-refractivity contribution is 0.0950. The summed E-state index contributed by atoms with van der Waals surface area (Å²) in [5.74, 6) is -0.401. The normalized spacial score (nSPS) is 13.0. The number of aromatic nitrogens is 2. The third-order valence-electron chi connectivity index (χ3n) is 5.72. The van der Waals surface area contributed by atoms with Crippen LogP contribution in [0.15, 0.2) is 90.1 Å². The summed E-state index contributed by atoms with van der Waals surface area (Å²) in [5.41, 5.74) is 3.55. The molecule has 1 aromatic heterocycles. The number of rotatable bonds is 6. The minimum atomic E-state index is -3.93. The van der Waals surface area contributed by atoms with Crippen LogP contribution in [0, 0.1) is 0 Å². The van der Waals surface area contributed by atoms with Crippen molar-refractivity contribution in [1.29, 1.82) is 0 Å². The Labute approximate surface area is 202 Å². The number of halogens is 1. The van der Waals surface area contributed by atoms with Gasteiger partial charge in [0.15, 0.2) is 0 Å². The van der Waals surface area contributed by atoms with E-state index in [1.54, 1.807) is 23.0 Å². The van der Waals surface area contributed by atoms with Crippen LogP contribution in [0.5, 0.6) is 0 Å². The molecule has 7 nitrogen and oxygen atoms in total. The number of nitrogens with one attached hydrogen (secondary N) is 1. The van der Waals surface area contributed by atoms with E-state index in [0.29, 0.717) is 18.7 Å². The summed E-state index contributed by atoms with van der Waals surface area (Å²) in [6, 6.07) is 21.3. The molecule has 0 bridgehead atoms. The van der Waals surface area contributed by atoms with Crippen molar-refractivity contribution >= 4 is 33.2 Å². The number of fused-ring (bicyclic) bond motifs is 1. The van der Waals surface area contributed by atoms with E-state index in [9.17, 15) is 13.2 Å². The highest BCUT2D eigenvalue weighted by molar-refractivity contribution is 7.93. The van der Waals surface area contributed by atoms with E-state index >= 15 is 0 Å². The largest absolute Gasteiger partial charge is 0.348 e. The highest BCUT2D eigenvalue weighted by Gasteiger charge is 2.32. The smallest absolute Gasteiger partial charge is 0.265 e. The van der Waals surface area contributed by atoms with Crippen LogP contribution in [0.4, 0.5) is 5.69 Å². The van der Waals surface area contributed by atoms with Gasteiger partial charge in [0.25, 0.3) is 15.9 Å². The lowest BCUT2D eigenvalue weighted by Gasteiger charge is -2.20. The van der Waals surface area contributed by atoms with Gasteiger partial charge >= 0.3 is 0 Å². The first-order chi connectivity index (χ1) is 16.4. The van der Waals surface area contributed by atoms with Crippen LogP contribution in [0.25, 0.3) is 5.69 Å². The second kappa shape index (κ2) is 8.96. The quantitative estimate of drug-likeness (QED) is 0.437. The summed E-state index contributed by atoms with van der Waals surface area (Å²) in [6.45, 7) is 0.579. The summed E-state index contributed by atoms with van der Waals surface area (Å²) in [5, 5.41) is 7.21. The Morgan fingerprint density at radius 2 is 1.79 bits per heavy atom. The summed E-state index contributed by atoms with van der Waals surface area (Å²) in [7, 11) is -3.93. The Kier molecular flexibility index (Phi) is 5.85. The number of amides is 1. The van der Waals surface area contributed by atoms with Gasteiger partial charge in [-0.25, -0.2) is 13.1 Å². The molecule has 0 radical (unpaired) electrons. The number of carbonyl (C=O) groups excluding carboxylic acids is 1. The van der Waals surface area contributed by atoms with E-state index in [1.807, 2.05) is 48.7 Å². The Morgan fingerprint density at radius 1 is 1.03 bits per heavy atom. The highest BCUT2D eigenvalue weighted by atomic mass is 35.5. The first-order valence-corrected chi connectivity index (χ1v) is 12.5. The van der Waals surface area contributed by atoms with Crippen LogP contribution >= 0.6 is 11.6 Å². The van der Waals surface area contributed by atoms with E-state index in [-0.39, 0.29) is 22.0 Å². The molecule has 1 N–H and O–H groups in total. The maximum atomic E-state index is 13.4. The van der Waals surface area contributed by atoms with Crippen LogP contribution in [0.1, 0.15) is 21.5 Å². The van der Waals surface area contributed by atoms with Crippen LogP contribution in [-0.4, -0.2) is 30.7 Å². The molecule has 1 amide bonds. The molecule has 4 aromatic rings. The molecule has 3 aromatic carbocycles. The predicted molar refractivity (Wildman–Crippen MR) is 131 cm³/mol. The molecule has 172 valence electrons. The molecule has 2 heterocycles. The van der Waals surface area contributed by atoms with Crippen molar-refractivity contribution in [2.75, 3.05) is 10.8 Å². The Hall–Kier alpha value is -3.62. The van der Waals surface area contributed by atoms with Crippen molar-refractivity contribution in [3.05, 3.63) is 107 Å². The van der Waals surface area contributed by atoms with Gasteiger partial charge in [0.05, 0.1) is 22.6 Å². The Morgan fingerprint density at radius 3 is 2.62 bits per heavy atom. The van der Waals surface area contributed by atoms with E-state index in [0.717, 1.165) is 16.8 Å². The zero-order valence-corrected chi connectivity index (χ0v) is 19.6. The van der Waals surface area contributed by atoms with Gasteiger partial charge in [0.2, 0.25) is 0 Å². The molecule has 0 saturated heterocycles. The van der Waals surface area contributed by atoms with E-state index in [2.05, 4.69) is 10.4 Å². The number of benzene rings is 3. The molecular weight excluding hydrogens is 472 g/mol. The van der Waals surface area contributed by atoms with Crippen LogP contribution in [0.3, 0.4) is 0 Å². The van der Waals surface area contributed by atoms with E-state index in [4.69, 9.17) is 11.6 Å². The molecule has 1 aliphatic heterocycles. The van der Waals surface area contributed by atoms with Crippen LogP contribution in [-0.2, 0) is 23.0 Å². The number of sulfonamides is 1. The second-order valence-electron chi connectivity index (χ2n) is 7.91. The lowest BCUT2D eigenvalue weighted by atomic mass is 10.2. The van der Waals surface area contributed by atoms with Crippen LogP contribution < -0.4 is 9.62 Å². The van der Waals surface area contributed by atoms with Crippen molar-refractivity contribution < 1.29 is 13.2 Å². The SMILES string of the molecule is O=C(NCc1cnn(-c2ccccc2)c1)c1ccc(Cl)c(S(=O)(=O)N2CCc3ccccc32)c1. The molecule has 0 fully saturated rings. The molecular formula is C25H21ClN4O3S. The van der Waals surface area contributed by atoms with Gasteiger partial charge in [-0.05, 0) is 48.4 Å². The van der Waals surface area contributed by atoms with E-state index in [1.165, 1.54) is 22.5 Å². The third-order valence-corrected chi connectivity index (χ3v) is 8.01. The van der Waals surface area contributed by atoms with Gasteiger partial charge in [0, 0.05) is 30.4 Å². The molecule has 9 heteroatoms. The van der Waals surface area contributed by atoms with Crippen LogP contribution in [0.2, 0.25) is 5.02 Å². The fourth-order valence-electron chi connectivity index (χ4n) is 3.98. The van der Waals surface area contributed by atoms with Gasteiger partial charge in [0.1, 0.15) is 4.90 Å². The first-order valence-electron chi connectivity index (χ1n) is 10.7. The van der Waals surface area contributed by atoms with Crippen molar-refractivity contribution in [3.63, 3.8) is 0 Å². The van der Waals surface area contributed by atoms with Crippen molar-refractivity contribution in [1.82, 2.24) is 15.1 Å². The van der Waals surface area contributed by atoms with Crippen molar-refractivity contribution in [2.24, 2.45) is 0 Å². The molecule has 0 aliphatic carbocycles. The predicted octanol–water partition coefficient (Wildman–Crippen LogP) is 4.21. The van der Waals surface area contributed by atoms with Gasteiger partial charge in [-0.2, -0.15) is 5.10 Å². The monoisotopic (exact) mass is 492 g/mol. The van der Waals surface area contributed by atoms with E-state index < -0.39 is 15.9 Å². The van der Waals surface area contributed by atoms with Crippen molar-refractivity contribution in [3.8, 4) is 5.69 Å². The zero-order chi connectivity index (χ0) is 23.7. The number of para-hydroxylation sites is 2. The lowest BCUT2D eigenvalue weighted by Crippen LogP contribution is -2.30. The van der Waals surface area contributed by atoms with Gasteiger partial charge in [-0.1, -0.05) is 48.0 Å². The first kappa shape index (κ1) is 22.2. The fraction of sp³-hybridized carbons (Fsp3) is 0.120. The van der Waals surface area contributed by atoms with Gasteiger partial charge in [-0.15, -0.1) is 0 Å². The van der Waals surface area contributed by atoms with Gasteiger partial charge < -0.3 is 5.32 Å².